The molecule has 0 amide bonds. The quantitative estimate of drug-likeness (QED) is 0.111. The number of aromatic nitrogens is 4. The molecule has 0 spiro atoms. The molecule has 0 bridgehead atoms. The Morgan fingerprint density at radius 3 is 2.57 bits per heavy atom. The fraction of sp³-hybridized carbons (Fsp3) is 0.467. The average molecular weight is 629 g/mol. The van der Waals surface area contributed by atoms with Crippen molar-refractivity contribution in [1.29, 1.82) is 0 Å². The number of ether oxygens (including phenoxy) is 2. The molecule has 0 saturated carbocycles. The highest BCUT2D eigenvalue weighted by atomic mass is 31.2. The first-order chi connectivity index (χ1) is 21.0. The third-order valence-corrected chi connectivity index (χ3v) is 8.35. The van der Waals surface area contributed by atoms with E-state index in [4.69, 9.17) is 29.2 Å². The van der Waals surface area contributed by atoms with Gasteiger partial charge in [-0.3, -0.25) is 13.9 Å². The normalized spacial score (nSPS) is 15.2. The monoisotopic (exact) mass is 628 g/mol. The highest BCUT2D eigenvalue weighted by Gasteiger charge is 2.40. The molecule has 238 valence electrons. The molecule has 3 atom stereocenters. The van der Waals surface area contributed by atoms with Gasteiger partial charge in [-0.15, -0.1) is 0 Å². The van der Waals surface area contributed by atoms with E-state index in [1.807, 2.05) is 38.1 Å². The van der Waals surface area contributed by atoms with Gasteiger partial charge < -0.3 is 24.8 Å². The Balaban J connectivity index is 1.81. The van der Waals surface area contributed by atoms with Gasteiger partial charge in [0.25, 0.3) is 0 Å². The molecule has 3 heterocycles. The Morgan fingerprint density at radius 1 is 1.14 bits per heavy atom. The smallest absolute Gasteiger partial charge is 0.460 e. The van der Waals surface area contributed by atoms with Crippen molar-refractivity contribution in [2.45, 2.75) is 78.4 Å². The van der Waals surface area contributed by atoms with E-state index in [1.165, 1.54) is 19.2 Å². The molecule has 2 unspecified atom stereocenters. The average Bonchev–Trinajstić information content (AvgIpc) is 3.39. The van der Waals surface area contributed by atoms with Gasteiger partial charge in [0.2, 0.25) is 5.88 Å². The Labute approximate surface area is 256 Å². The van der Waals surface area contributed by atoms with Gasteiger partial charge >= 0.3 is 13.7 Å². The summed E-state index contributed by atoms with van der Waals surface area (Å²) in [6.45, 7) is 8.70. The van der Waals surface area contributed by atoms with E-state index in [9.17, 15) is 14.5 Å². The zero-order valence-corrected chi connectivity index (χ0v) is 26.6. The maximum atomic E-state index is 14.3. The molecule has 0 aliphatic heterocycles. The van der Waals surface area contributed by atoms with Crippen LogP contribution < -0.4 is 15.3 Å². The summed E-state index contributed by atoms with van der Waals surface area (Å²) in [6, 6.07) is 11.1. The minimum absolute atomic E-state index is 0.000171. The van der Waals surface area contributed by atoms with Crippen LogP contribution in [-0.2, 0) is 35.7 Å². The summed E-state index contributed by atoms with van der Waals surface area (Å²) in [4.78, 5) is 26.0. The minimum Gasteiger partial charge on any atom is -0.462 e. The van der Waals surface area contributed by atoms with Crippen molar-refractivity contribution in [2.75, 3.05) is 18.9 Å². The molecule has 44 heavy (non-hydrogen) atoms. The molecule has 0 radical (unpaired) electrons. The molecule has 0 fully saturated rings. The van der Waals surface area contributed by atoms with Crippen LogP contribution in [0, 0.1) is 0 Å². The largest absolute Gasteiger partial charge is 0.462 e. The number of para-hydroxylation sites is 1. The number of esters is 1. The number of carbonyl (C=O) groups is 1. The predicted molar refractivity (Wildman–Crippen MR) is 167 cm³/mol. The van der Waals surface area contributed by atoms with E-state index >= 15 is 0 Å². The maximum Gasteiger partial charge on any atom is 0.460 e. The third kappa shape index (κ3) is 7.72. The molecule has 14 heteroatoms. The lowest BCUT2D eigenvalue weighted by atomic mass is 10.1. The third-order valence-electron chi connectivity index (χ3n) is 6.75. The van der Waals surface area contributed by atoms with Gasteiger partial charge in [0, 0.05) is 24.3 Å². The van der Waals surface area contributed by atoms with Gasteiger partial charge in [-0.1, -0.05) is 37.6 Å². The number of nitrogens with two attached hydrogens (primary N) is 1. The number of nitrogens with zero attached hydrogens (tertiary/aromatic N) is 4. The van der Waals surface area contributed by atoms with E-state index in [0.717, 1.165) is 6.42 Å². The Bertz CT molecular complexity index is 1620. The molecule has 0 aliphatic carbocycles. The second-order valence-electron chi connectivity index (χ2n) is 10.7. The SMILES string of the molecule is CCCCC(O)(COP(=O)(N[C@@H](C)C(=O)OC(C)C)Oc1ccccn1)n1c(COCC)nc2c(N)nc3ccccc3c21. The standard InChI is InChI=1S/C30H41N6O7P/c1-6-8-16-30(38,19-41-44(39,43-25-15-11-12-17-32-25)35-21(5)29(37)42-20(3)4)36-24(18-40-7-2)34-26-27(36)22-13-9-10-14-23(22)33-28(26)31/h9-15,17,20-21,38H,6-8,16,18-19H2,1-5H3,(H2,31,33)(H,35,39)/t21-,30?,44?/m0/s1. The van der Waals surface area contributed by atoms with Crippen LogP contribution in [-0.4, -0.2) is 56.0 Å². The summed E-state index contributed by atoms with van der Waals surface area (Å²) in [5.74, 6) is -0.0722. The van der Waals surface area contributed by atoms with Crippen LogP contribution in [0.2, 0.25) is 0 Å². The van der Waals surface area contributed by atoms with Crippen LogP contribution in [0.3, 0.4) is 0 Å². The number of fused-ring (bicyclic) bond motifs is 3. The number of benzene rings is 1. The summed E-state index contributed by atoms with van der Waals surface area (Å²) >= 11 is 0. The van der Waals surface area contributed by atoms with Crippen molar-refractivity contribution in [3.05, 3.63) is 54.5 Å². The van der Waals surface area contributed by atoms with Gasteiger partial charge in [-0.2, -0.15) is 5.09 Å². The van der Waals surface area contributed by atoms with Gasteiger partial charge in [-0.25, -0.2) is 19.5 Å². The van der Waals surface area contributed by atoms with Crippen molar-refractivity contribution in [3.8, 4) is 5.88 Å². The molecule has 0 saturated heterocycles. The molecule has 4 aromatic rings. The van der Waals surface area contributed by atoms with Crippen molar-refractivity contribution < 1.29 is 33.0 Å². The van der Waals surface area contributed by atoms with E-state index in [-0.39, 0.29) is 24.7 Å². The first kappa shape index (κ1) is 33.3. The van der Waals surface area contributed by atoms with Crippen molar-refractivity contribution in [3.63, 3.8) is 0 Å². The van der Waals surface area contributed by atoms with E-state index in [0.29, 0.717) is 40.8 Å². The number of carbonyl (C=O) groups excluding carboxylic acids is 1. The van der Waals surface area contributed by atoms with E-state index in [2.05, 4.69) is 15.1 Å². The summed E-state index contributed by atoms with van der Waals surface area (Å²) in [7, 11) is -4.35. The number of nitrogens with one attached hydrogen (secondary N) is 1. The van der Waals surface area contributed by atoms with Crippen LogP contribution in [0.4, 0.5) is 5.82 Å². The molecule has 4 rings (SSSR count). The number of anilines is 1. The fourth-order valence-corrected chi connectivity index (χ4v) is 6.21. The molecule has 0 aliphatic rings. The molecular formula is C30H41N6O7P. The lowest BCUT2D eigenvalue weighted by Gasteiger charge is -2.33. The molecule has 1 aromatic carbocycles. The molecule has 13 nitrogen and oxygen atoms in total. The van der Waals surface area contributed by atoms with Gasteiger partial charge in [-0.05, 0) is 52.7 Å². The Kier molecular flexibility index (Phi) is 10.9. The summed E-state index contributed by atoms with van der Waals surface area (Å²) in [5.41, 5.74) is 6.09. The minimum atomic E-state index is -4.35. The highest BCUT2D eigenvalue weighted by molar-refractivity contribution is 7.52. The highest BCUT2D eigenvalue weighted by Crippen LogP contribution is 2.46. The summed E-state index contributed by atoms with van der Waals surface area (Å²) in [5, 5.41) is 15.9. The van der Waals surface area contributed by atoms with Crippen LogP contribution >= 0.6 is 7.75 Å². The number of hydrogen-bond donors (Lipinski definition) is 3. The zero-order chi connectivity index (χ0) is 31.9. The van der Waals surface area contributed by atoms with Gasteiger partial charge in [0.1, 0.15) is 30.6 Å². The number of hydrogen-bond acceptors (Lipinski definition) is 11. The maximum absolute atomic E-state index is 14.3. The lowest BCUT2D eigenvalue weighted by Crippen LogP contribution is -2.41. The van der Waals surface area contributed by atoms with E-state index in [1.54, 1.807) is 30.5 Å². The Hall–Kier alpha value is -3.61. The number of aliphatic hydroxyl groups is 1. The Morgan fingerprint density at radius 2 is 1.89 bits per heavy atom. The second-order valence-corrected chi connectivity index (χ2v) is 12.4. The molecule has 3 aromatic heterocycles. The first-order valence-electron chi connectivity index (χ1n) is 14.7. The van der Waals surface area contributed by atoms with Crippen molar-refractivity contribution in [2.24, 2.45) is 0 Å². The first-order valence-corrected chi connectivity index (χ1v) is 16.2. The predicted octanol–water partition coefficient (Wildman–Crippen LogP) is 5.07. The van der Waals surface area contributed by atoms with Gasteiger partial charge in [0.05, 0.1) is 17.1 Å². The van der Waals surface area contributed by atoms with Crippen LogP contribution in [0.5, 0.6) is 5.88 Å². The lowest BCUT2D eigenvalue weighted by molar-refractivity contribution is -0.149. The van der Waals surface area contributed by atoms with Gasteiger partial charge in [0.15, 0.2) is 11.5 Å². The number of nitrogen functional groups attached to an aromatic ring is 1. The number of unbranched alkanes of at least 4 members (excludes halogenated alkanes) is 1. The van der Waals surface area contributed by atoms with Crippen LogP contribution in [0.1, 0.15) is 59.7 Å². The molecule has 4 N–H and O–H groups in total. The second kappa shape index (κ2) is 14.4. The number of imidazole rings is 1. The molecular weight excluding hydrogens is 587 g/mol. The fourth-order valence-electron chi connectivity index (χ4n) is 4.72. The number of rotatable bonds is 16. The van der Waals surface area contributed by atoms with Crippen LogP contribution in [0.25, 0.3) is 21.9 Å². The zero-order valence-electron chi connectivity index (χ0n) is 25.7. The van der Waals surface area contributed by atoms with Crippen molar-refractivity contribution >= 4 is 41.5 Å². The van der Waals surface area contributed by atoms with Crippen molar-refractivity contribution in [1.82, 2.24) is 24.6 Å². The summed E-state index contributed by atoms with van der Waals surface area (Å²) in [6.07, 6.45) is 2.60. The topological polar surface area (TPSA) is 173 Å². The number of pyridine rings is 2. The van der Waals surface area contributed by atoms with Crippen LogP contribution in [0.15, 0.2) is 48.7 Å². The van der Waals surface area contributed by atoms with E-state index < -0.39 is 38.2 Å². The summed E-state index contributed by atoms with van der Waals surface area (Å²) < 4.78 is 38.6.